The van der Waals surface area contributed by atoms with E-state index in [-0.39, 0.29) is 0 Å². The third-order valence-electron chi connectivity index (χ3n) is 1.91. The minimum absolute atomic E-state index is 0.952. The summed E-state index contributed by atoms with van der Waals surface area (Å²) in [5.41, 5.74) is 1.33. The van der Waals surface area contributed by atoms with Crippen LogP contribution in [0.5, 0.6) is 0 Å². The molecule has 0 N–H and O–H groups in total. The molecule has 1 aliphatic carbocycles. The molecular formula is C11H14Br2. The summed E-state index contributed by atoms with van der Waals surface area (Å²) in [6.07, 6.45) is 2.93. The van der Waals surface area contributed by atoms with Gasteiger partial charge in [0.15, 0.2) is 0 Å². The summed E-state index contributed by atoms with van der Waals surface area (Å²) >= 11 is 6.73. The lowest BCUT2D eigenvalue weighted by molar-refractivity contribution is 1.01. The second-order valence-corrected chi connectivity index (χ2v) is 4.43. The summed E-state index contributed by atoms with van der Waals surface area (Å²) in [6, 6.07) is 10.3. The number of benzene rings is 1. The molecule has 0 aliphatic heterocycles. The average Bonchev–Trinajstić information content (AvgIpc) is 3.03. The summed E-state index contributed by atoms with van der Waals surface area (Å²) in [5, 5.41) is 2.18. The lowest BCUT2D eigenvalue weighted by Gasteiger charge is -1.88. The van der Waals surface area contributed by atoms with Gasteiger partial charge in [-0.3, -0.25) is 0 Å². The fourth-order valence-corrected chi connectivity index (χ4v) is 1.86. The first-order chi connectivity index (χ1) is 6.36. The molecule has 1 saturated carbocycles. The molecule has 0 spiro atoms. The molecule has 72 valence electrons. The van der Waals surface area contributed by atoms with E-state index in [9.17, 15) is 0 Å². The van der Waals surface area contributed by atoms with E-state index in [4.69, 9.17) is 0 Å². The molecule has 0 radical (unpaired) electrons. The maximum absolute atomic E-state index is 3.38. The van der Waals surface area contributed by atoms with Crippen LogP contribution in [-0.2, 0) is 5.33 Å². The van der Waals surface area contributed by atoms with Gasteiger partial charge in [0.05, 0.1) is 0 Å². The van der Waals surface area contributed by atoms with Crippen molar-refractivity contribution < 1.29 is 0 Å². The quantitative estimate of drug-likeness (QED) is 0.712. The lowest BCUT2D eigenvalue weighted by Crippen LogP contribution is -1.70. The van der Waals surface area contributed by atoms with Crippen molar-refractivity contribution in [1.82, 2.24) is 0 Å². The Balaban J connectivity index is 0.000000145. The SMILES string of the molecule is BrCC1CC1.BrCc1ccccc1. The average molecular weight is 306 g/mol. The number of rotatable bonds is 2. The smallest absolute Gasteiger partial charge is 0.0283 e. The minimum Gasteiger partial charge on any atom is -0.0925 e. The molecule has 0 bridgehead atoms. The Kier molecular flexibility index (Phi) is 5.72. The molecule has 0 nitrogen and oxygen atoms in total. The van der Waals surface area contributed by atoms with Crippen LogP contribution in [0, 0.1) is 5.92 Å². The zero-order chi connectivity index (χ0) is 9.52. The van der Waals surface area contributed by atoms with E-state index in [1.54, 1.807) is 0 Å². The van der Waals surface area contributed by atoms with Crippen LogP contribution in [0.15, 0.2) is 30.3 Å². The predicted molar refractivity (Wildman–Crippen MR) is 65.6 cm³/mol. The molecule has 0 amide bonds. The van der Waals surface area contributed by atoms with E-state index in [1.807, 2.05) is 18.2 Å². The fourth-order valence-electron chi connectivity index (χ4n) is 0.839. The van der Waals surface area contributed by atoms with Crippen LogP contribution in [0.3, 0.4) is 0 Å². The summed E-state index contributed by atoms with van der Waals surface area (Å²) in [7, 11) is 0. The first kappa shape index (κ1) is 11.3. The molecule has 0 saturated heterocycles. The van der Waals surface area contributed by atoms with Crippen LogP contribution in [0.1, 0.15) is 18.4 Å². The highest BCUT2D eigenvalue weighted by Gasteiger charge is 2.18. The van der Waals surface area contributed by atoms with Gasteiger partial charge in [0, 0.05) is 10.7 Å². The van der Waals surface area contributed by atoms with Crippen molar-refractivity contribution in [2.75, 3.05) is 5.33 Å². The second kappa shape index (κ2) is 6.61. The summed E-state index contributed by atoms with van der Waals surface area (Å²) in [5.74, 6) is 1.05. The van der Waals surface area contributed by atoms with Crippen molar-refractivity contribution in [3.8, 4) is 0 Å². The molecule has 1 aromatic carbocycles. The van der Waals surface area contributed by atoms with Crippen LogP contribution in [-0.4, -0.2) is 5.33 Å². The van der Waals surface area contributed by atoms with Gasteiger partial charge in [-0.05, 0) is 24.3 Å². The molecule has 0 unspecified atom stereocenters. The molecule has 0 atom stereocenters. The molecule has 1 fully saturated rings. The number of hydrogen-bond donors (Lipinski definition) is 0. The van der Waals surface area contributed by atoms with E-state index in [1.165, 1.54) is 23.7 Å². The zero-order valence-corrected chi connectivity index (χ0v) is 10.7. The van der Waals surface area contributed by atoms with E-state index < -0.39 is 0 Å². The van der Waals surface area contributed by atoms with E-state index in [0.717, 1.165) is 11.2 Å². The van der Waals surface area contributed by atoms with Gasteiger partial charge in [-0.2, -0.15) is 0 Å². The van der Waals surface area contributed by atoms with Gasteiger partial charge in [0.25, 0.3) is 0 Å². The minimum atomic E-state index is 0.952. The van der Waals surface area contributed by atoms with Gasteiger partial charge in [0.1, 0.15) is 0 Å². The second-order valence-electron chi connectivity index (χ2n) is 3.22. The van der Waals surface area contributed by atoms with Gasteiger partial charge in [0.2, 0.25) is 0 Å². The van der Waals surface area contributed by atoms with Gasteiger partial charge in [-0.25, -0.2) is 0 Å². The zero-order valence-electron chi connectivity index (χ0n) is 7.55. The van der Waals surface area contributed by atoms with Crippen LogP contribution >= 0.6 is 31.9 Å². The van der Waals surface area contributed by atoms with Gasteiger partial charge in [-0.15, -0.1) is 0 Å². The van der Waals surface area contributed by atoms with Crippen molar-refractivity contribution >= 4 is 31.9 Å². The standard InChI is InChI=1S/C7H7Br.C4H7Br/c8-6-7-4-2-1-3-5-7;5-3-4-1-2-4/h1-5H,6H2;4H,1-3H2. The lowest BCUT2D eigenvalue weighted by atomic mass is 10.2. The highest BCUT2D eigenvalue weighted by Crippen LogP contribution is 2.30. The molecule has 0 heterocycles. The predicted octanol–water partition coefficient (Wildman–Crippen LogP) is 4.37. The normalized spacial score (nSPS) is 14.6. The third-order valence-corrected chi connectivity index (χ3v) is 3.48. The van der Waals surface area contributed by atoms with Gasteiger partial charge >= 0.3 is 0 Å². The number of halogens is 2. The first-order valence-electron chi connectivity index (χ1n) is 4.52. The Morgan fingerprint density at radius 3 is 1.92 bits per heavy atom. The van der Waals surface area contributed by atoms with E-state index in [0.29, 0.717) is 0 Å². The van der Waals surface area contributed by atoms with Crippen molar-refractivity contribution in [2.45, 2.75) is 18.2 Å². The molecule has 2 heteroatoms. The third kappa shape index (κ3) is 5.48. The molecular weight excluding hydrogens is 292 g/mol. The molecule has 2 rings (SSSR count). The van der Waals surface area contributed by atoms with Crippen molar-refractivity contribution in [3.05, 3.63) is 35.9 Å². The largest absolute Gasteiger partial charge is 0.0925 e. The summed E-state index contributed by atoms with van der Waals surface area (Å²) in [4.78, 5) is 0. The Bertz CT molecular complexity index is 217. The van der Waals surface area contributed by atoms with Crippen molar-refractivity contribution in [3.63, 3.8) is 0 Å². The van der Waals surface area contributed by atoms with Crippen LogP contribution < -0.4 is 0 Å². The number of hydrogen-bond acceptors (Lipinski definition) is 0. The van der Waals surface area contributed by atoms with Gasteiger partial charge in [-0.1, -0.05) is 62.2 Å². The summed E-state index contributed by atoms with van der Waals surface area (Å²) in [6.45, 7) is 0. The Morgan fingerprint density at radius 1 is 1.08 bits per heavy atom. The van der Waals surface area contributed by atoms with Crippen molar-refractivity contribution in [2.24, 2.45) is 5.92 Å². The molecule has 1 aliphatic rings. The molecule has 0 aromatic heterocycles. The molecule has 13 heavy (non-hydrogen) atoms. The van der Waals surface area contributed by atoms with Crippen LogP contribution in [0.2, 0.25) is 0 Å². The van der Waals surface area contributed by atoms with Crippen LogP contribution in [0.25, 0.3) is 0 Å². The van der Waals surface area contributed by atoms with E-state index in [2.05, 4.69) is 44.0 Å². The highest BCUT2D eigenvalue weighted by atomic mass is 79.9. The van der Waals surface area contributed by atoms with Gasteiger partial charge < -0.3 is 0 Å². The van der Waals surface area contributed by atoms with E-state index >= 15 is 0 Å². The maximum Gasteiger partial charge on any atom is 0.0283 e. The van der Waals surface area contributed by atoms with Crippen molar-refractivity contribution in [1.29, 1.82) is 0 Å². The Labute approximate surface area is 97.0 Å². The Hall–Kier alpha value is 0.180. The molecule has 1 aromatic rings. The Morgan fingerprint density at radius 2 is 1.69 bits per heavy atom. The monoisotopic (exact) mass is 304 g/mol. The first-order valence-corrected chi connectivity index (χ1v) is 6.77. The maximum atomic E-state index is 3.38. The number of alkyl halides is 2. The summed E-state index contributed by atoms with van der Waals surface area (Å²) < 4.78 is 0. The van der Waals surface area contributed by atoms with Crippen LogP contribution in [0.4, 0.5) is 0 Å². The fraction of sp³-hybridized carbons (Fsp3) is 0.455. The highest BCUT2D eigenvalue weighted by molar-refractivity contribution is 9.09. The topological polar surface area (TPSA) is 0 Å².